The molecule has 0 radical (unpaired) electrons. The van der Waals surface area contributed by atoms with Crippen molar-refractivity contribution in [2.24, 2.45) is 5.41 Å². The van der Waals surface area contributed by atoms with E-state index in [4.69, 9.17) is 5.11 Å². The van der Waals surface area contributed by atoms with Crippen LogP contribution in [0.15, 0.2) is 24.3 Å². The third kappa shape index (κ3) is 7.44. The number of carbonyl (C=O) groups excluding carboxylic acids is 2. The van der Waals surface area contributed by atoms with Gasteiger partial charge in [0, 0.05) is 30.6 Å². The molecule has 6 nitrogen and oxygen atoms in total. The molecule has 0 spiro atoms. The molecule has 0 aromatic heterocycles. The smallest absolute Gasteiger partial charge is 0.303 e. The van der Waals surface area contributed by atoms with Gasteiger partial charge in [-0.05, 0) is 36.1 Å². The minimum Gasteiger partial charge on any atom is -0.481 e. The molecule has 0 bridgehead atoms. The zero-order valence-electron chi connectivity index (χ0n) is 13.8. The predicted octanol–water partition coefficient (Wildman–Crippen LogP) is 2.06. The normalized spacial score (nSPS) is 10.9. The van der Waals surface area contributed by atoms with E-state index in [9.17, 15) is 14.4 Å². The van der Waals surface area contributed by atoms with Crippen LogP contribution in [0.1, 0.15) is 54.3 Å². The van der Waals surface area contributed by atoms with Crippen LogP contribution in [-0.4, -0.2) is 36.0 Å². The maximum Gasteiger partial charge on any atom is 0.303 e. The van der Waals surface area contributed by atoms with Crippen molar-refractivity contribution in [2.75, 3.05) is 13.1 Å². The number of nitrogens with one attached hydrogen (secondary N) is 2. The summed E-state index contributed by atoms with van der Waals surface area (Å²) in [4.78, 5) is 34.2. The summed E-state index contributed by atoms with van der Waals surface area (Å²) in [7, 11) is 0. The third-order valence-corrected chi connectivity index (χ3v) is 3.04. The maximum absolute atomic E-state index is 12.0. The molecule has 0 aliphatic rings. The summed E-state index contributed by atoms with van der Waals surface area (Å²) in [6.45, 7) is 6.97. The van der Waals surface area contributed by atoms with Crippen molar-refractivity contribution in [1.82, 2.24) is 10.6 Å². The zero-order chi connectivity index (χ0) is 17.5. The fourth-order valence-electron chi connectivity index (χ4n) is 1.76. The summed E-state index contributed by atoms with van der Waals surface area (Å²) in [6, 6.07) is 6.37. The van der Waals surface area contributed by atoms with Crippen LogP contribution in [0.3, 0.4) is 0 Å². The van der Waals surface area contributed by atoms with Crippen molar-refractivity contribution in [3.05, 3.63) is 35.4 Å². The number of benzene rings is 1. The van der Waals surface area contributed by atoms with Gasteiger partial charge in [-0.25, -0.2) is 0 Å². The second kappa shape index (κ2) is 8.31. The van der Waals surface area contributed by atoms with Gasteiger partial charge < -0.3 is 15.7 Å². The van der Waals surface area contributed by atoms with Gasteiger partial charge in [-0.3, -0.25) is 14.4 Å². The van der Waals surface area contributed by atoms with Crippen LogP contribution in [0.4, 0.5) is 0 Å². The van der Waals surface area contributed by atoms with Crippen molar-refractivity contribution in [3.8, 4) is 0 Å². The highest BCUT2D eigenvalue weighted by Crippen LogP contribution is 2.11. The summed E-state index contributed by atoms with van der Waals surface area (Å²) < 4.78 is 0. The summed E-state index contributed by atoms with van der Waals surface area (Å²) >= 11 is 0. The van der Waals surface area contributed by atoms with Crippen LogP contribution in [0.5, 0.6) is 0 Å². The van der Waals surface area contributed by atoms with E-state index in [0.29, 0.717) is 30.6 Å². The number of hydrogen-bond acceptors (Lipinski definition) is 3. The quantitative estimate of drug-likeness (QED) is 0.670. The molecule has 0 saturated carbocycles. The van der Waals surface area contributed by atoms with Gasteiger partial charge in [0.2, 0.25) is 0 Å². The Labute approximate surface area is 136 Å². The lowest BCUT2D eigenvalue weighted by molar-refractivity contribution is -0.137. The number of rotatable bonds is 7. The zero-order valence-corrected chi connectivity index (χ0v) is 13.8. The first-order valence-corrected chi connectivity index (χ1v) is 7.57. The van der Waals surface area contributed by atoms with E-state index in [1.54, 1.807) is 24.3 Å². The molecule has 1 aromatic rings. The van der Waals surface area contributed by atoms with Gasteiger partial charge in [0.25, 0.3) is 11.8 Å². The lowest BCUT2D eigenvalue weighted by atomic mass is 9.97. The monoisotopic (exact) mass is 320 g/mol. The van der Waals surface area contributed by atoms with Crippen LogP contribution in [0.2, 0.25) is 0 Å². The molecule has 3 N–H and O–H groups in total. The molecule has 0 heterocycles. The van der Waals surface area contributed by atoms with Gasteiger partial charge >= 0.3 is 5.97 Å². The highest BCUT2D eigenvalue weighted by molar-refractivity contribution is 5.97. The Hall–Kier alpha value is -2.37. The van der Waals surface area contributed by atoms with Crippen LogP contribution < -0.4 is 10.6 Å². The Morgan fingerprint density at radius 2 is 1.43 bits per heavy atom. The first-order valence-electron chi connectivity index (χ1n) is 7.57. The summed E-state index contributed by atoms with van der Waals surface area (Å²) in [6.07, 6.45) is 0.404. The Kier molecular flexibility index (Phi) is 6.75. The number of hydrogen-bond donors (Lipinski definition) is 3. The van der Waals surface area contributed by atoms with Crippen molar-refractivity contribution in [3.63, 3.8) is 0 Å². The van der Waals surface area contributed by atoms with Crippen LogP contribution in [-0.2, 0) is 4.79 Å². The van der Waals surface area contributed by atoms with Gasteiger partial charge in [-0.2, -0.15) is 0 Å². The molecule has 0 aliphatic heterocycles. The Morgan fingerprint density at radius 3 is 1.87 bits per heavy atom. The Balaban J connectivity index is 2.50. The summed E-state index contributed by atoms with van der Waals surface area (Å²) in [5.41, 5.74) is 0.940. The lowest BCUT2D eigenvalue weighted by Gasteiger charge is -2.18. The number of amides is 2. The maximum atomic E-state index is 12.0. The first-order chi connectivity index (χ1) is 10.7. The second-order valence-electron chi connectivity index (χ2n) is 6.57. The van der Waals surface area contributed by atoms with Gasteiger partial charge in [-0.1, -0.05) is 20.8 Å². The molecular formula is C17H24N2O4. The molecule has 0 atom stereocenters. The molecule has 0 aliphatic carbocycles. The largest absolute Gasteiger partial charge is 0.481 e. The third-order valence-electron chi connectivity index (χ3n) is 3.04. The summed E-state index contributed by atoms with van der Waals surface area (Å²) in [5.74, 6) is -1.34. The van der Waals surface area contributed by atoms with E-state index in [0.717, 1.165) is 0 Å². The molecule has 1 aromatic carbocycles. The minimum atomic E-state index is -0.884. The lowest BCUT2D eigenvalue weighted by Crippen LogP contribution is -2.32. The minimum absolute atomic E-state index is 0.00540. The summed E-state index contributed by atoms with van der Waals surface area (Å²) in [5, 5.41) is 14.0. The fraction of sp³-hybridized carbons (Fsp3) is 0.471. The average Bonchev–Trinajstić information content (AvgIpc) is 2.48. The Morgan fingerprint density at radius 1 is 0.957 bits per heavy atom. The molecule has 0 unspecified atom stereocenters. The topological polar surface area (TPSA) is 95.5 Å². The van der Waals surface area contributed by atoms with E-state index in [1.807, 2.05) is 20.8 Å². The molecular weight excluding hydrogens is 296 g/mol. The van der Waals surface area contributed by atoms with Gasteiger partial charge in [0.1, 0.15) is 0 Å². The SMILES string of the molecule is CC(C)(C)CNC(=O)c1ccc(C(=O)NCCCC(=O)O)cc1. The van der Waals surface area contributed by atoms with Gasteiger partial charge in [0.05, 0.1) is 0 Å². The second-order valence-corrected chi connectivity index (χ2v) is 6.57. The standard InChI is InChI=1S/C17H24N2O4/c1-17(2,3)11-19-16(23)13-8-6-12(7-9-13)15(22)18-10-4-5-14(20)21/h6-9H,4-5,10-11H2,1-3H3,(H,18,22)(H,19,23)(H,20,21). The van der Waals surface area contributed by atoms with E-state index >= 15 is 0 Å². The van der Waals surface area contributed by atoms with Crippen molar-refractivity contribution >= 4 is 17.8 Å². The van der Waals surface area contributed by atoms with Crippen molar-refractivity contribution in [1.29, 1.82) is 0 Å². The van der Waals surface area contributed by atoms with E-state index in [1.165, 1.54) is 0 Å². The molecule has 0 saturated heterocycles. The van der Waals surface area contributed by atoms with E-state index in [2.05, 4.69) is 10.6 Å². The van der Waals surface area contributed by atoms with E-state index < -0.39 is 5.97 Å². The molecule has 23 heavy (non-hydrogen) atoms. The van der Waals surface area contributed by atoms with Crippen LogP contribution in [0, 0.1) is 5.41 Å². The predicted molar refractivity (Wildman–Crippen MR) is 87.4 cm³/mol. The molecule has 2 amide bonds. The number of carboxylic acids is 1. The number of carboxylic acid groups (broad SMARTS) is 1. The highest BCUT2D eigenvalue weighted by Gasteiger charge is 2.13. The molecule has 0 fully saturated rings. The van der Waals surface area contributed by atoms with Gasteiger partial charge in [0.15, 0.2) is 0 Å². The van der Waals surface area contributed by atoms with Gasteiger partial charge in [-0.15, -0.1) is 0 Å². The average molecular weight is 320 g/mol. The van der Waals surface area contributed by atoms with Crippen LogP contribution >= 0.6 is 0 Å². The number of carbonyl (C=O) groups is 3. The highest BCUT2D eigenvalue weighted by atomic mass is 16.4. The van der Waals surface area contributed by atoms with E-state index in [-0.39, 0.29) is 23.7 Å². The molecule has 126 valence electrons. The first kappa shape index (κ1) is 18.7. The fourth-order valence-corrected chi connectivity index (χ4v) is 1.76. The molecule has 6 heteroatoms. The van der Waals surface area contributed by atoms with Crippen LogP contribution in [0.25, 0.3) is 0 Å². The van der Waals surface area contributed by atoms with Crippen molar-refractivity contribution in [2.45, 2.75) is 33.6 Å². The Bertz CT molecular complexity index is 559. The molecule has 1 rings (SSSR count). The number of aliphatic carboxylic acids is 1. The van der Waals surface area contributed by atoms with Crippen molar-refractivity contribution < 1.29 is 19.5 Å².